The fourth-order valence-corrected chi connectivity index (χ4v) is 4.46. The van der Waals surface area contributed by atoms with Gasteiger partial charge in [-0.25, -0.2) is 0 Å². The number of morpholine rings is 1. The predicted octanol–water partition coefficient (Wildman–Crippen LogP) is 2.18. The Kier molecular flexibility index (Phi) is 6.03. The summed E-state index contributed by atoms with van der Waals surface area (Å²) in [4.78, 5) is 10.1. The molecule has 0 aromatic heterocycles. The summed E-state index contributed by atoms with van der Waals surface area (Å²) < 4.78 is 5.52. The van der Waals surface area contributed by atoms with Gasteiger partial charge in [0.1, 0.15) is 0 Å². The number of hydrogen-bond acceptors (Lipinski definition) is 3. The van der Waals surface area contributed by atoms with E-state index in [1.54, 1.807) is 0 Å². The van der Waals surface area contributed by atoms with Crippen LogP contribution in [0.1, 0.15) is 46.5 Å². The summed E-state index contributed by atoms with van der Waals surface area (Å²) in [6, 6.07) is 0.517. The summed E-state index contributed by atoms with van der Waals surface area (Å²) >= 11 is 0. The zero-order valence-electron chi connectivity index (χ0n) is 15.9. The van der Waals surface area contributed by atoms with Gasteiger partial charge in [-0.15, -0.1) is 0 Å². The van der Waals surface area contributed by atoms with E-state index in [1.807, 2.05) is 0 Å². The number of hydrogen-bond donors (Lipinski definition) is 1. The van der Waals surface area contributed by atoms with Gasteiger partial charge < -0.3 is 15.0 Å². The summed E-state index contributed by atoms with van der Waals surface area (Å²) in [5, 5.41) is 3.54. The molecule has 5 heteroatoms. The minimum Gasteiger partial charge on any atom is -0.379 e. The van der Waals surface area contributed by atoms with E-state index in [9.17, 15) is 0 Å². The van der Waals surface area contributed by atoms with Crippen molar-refractivity contribution < 1.29 is 4.74 Å². The Labute approximate surface area is 147 Å². The Bertz CT molecular complexity index is 427. The highest BCUT2D eigenvalue weighted by atomic mass is 16.5. The number of nitrogens with one attached hydrogen (secondary N) is 1. The van der Waals surface area contributed by atoms with E-state index < -0.39 is 0 Å². The summed E-state index contributed by atoms with van der Waals surface area (Å²) in [6.45, 7) is 14.9. The molecule has 2 saturated heterocycles. The van der Waals surface area contributed by atoms with Crippen molar-refractivity contribution in [1.82, 2.24) is 15.1 Å². The molecular formula is C19H36N4O. The van der Waals surface area contributed by atoms with Gasteiger partial charge in [-0.05, 0) is 37.5 Å². The Hall–Kier alpha value is -0.810. The van der Waals surface area contributed by atoms with Crippen molar-refractivity contribution in [3.05, 3.63) is 0 Å². The van der Waals surface area contributed by atoms with Gasteiger partial charge in [0.05, 0.1) is 19.8 Å². The largest absolute Gasteiger partial charge is 0.379 e. The Morgan fingerprint density at radius 2 is 1.92 bits per heavy atom. The molecule has 1 aliphatic carbocycles. The fourth-order valence-electron chi connectivity index (χ4n) is 4.46. The second kappa shape index (κ2) is 8.05. The van der Waals surface area contributed by atoms with Crippen molar-refractivity contribution in [3.63, 3.8) is 0 Å². The van der Waals surface area contributed by atoms with Crippen LogP contribution in [0.3, 0.4) is 0 Å². The third-order valence-corrected chi connectivity index (χ3v) is 6.20. The van der Waals surface area contributed by atoms with E-state index in [-0.39, 0.29) is 0 Å². The molecule has 138 valence electrons. The molecule has 0 bridgehead atoms. The van der Waals surface area contributed by atoms with Gasteiger partial charge in [-0.2, -0.15) is 0 Å². The van der Waals surface area contributed by atoms with Gasteiger partial charge in [0.2, 0.25) is 0 Å². The monoisotopic (exact) mass is 336 g/mol. The molecule has 0 aromatic carbocycles. The van der Waals surface area contributed by atoms with Crippen LogP contribution in [0.25, 0.3) is 0 Å². The van der Waals surface area contributed by atoms with Crippen LogP contribution < -0.4 is 5.32 Å². The van der Waals surface area contributed by atoms with Crippen molar-refractivity contribution in [2.24, 2.45) is 16.3 Å². The van der Waals surface area contributed by atoms with Crippen molar-refractivity contribution in [2.45, 2.75) is 52.5 Å². The molecule has 3 rings (SSSR count). The van der Waals surface area contributed by atoms with Gasteiger partial charge >= 0.3 is 0 Å². The van der Waals surface area contributed by atoms with Crippen LogP contribution in [0.2, 0.25) is 0 Å². The van der Waals surface area contributed by atoms with Crippen LogP contribution in [0.4, 0.5) is 0 Å². The van der Waals surface area contributed by atoms with Crippen molar-refractivity contribution >= 4 is 5.96 Å². The lowest BCUT2D eigenvalue weighted by Gasteiger charge is -2.38. The molecule has 1 saturated carbocycles. The molecule has 1 spiro atoms. The fraction of sp³-hybridized carbons (Fsp3) is 0.947. The lowest BCUT2D eigenvalue weighted by molar-refractivity contribution is 0.00862. The molecule has 0 radical (unpaired) electrons. The molecule has 0 aromatic rings. The number of rotatable bonds is 5. The minimum atomic E-state index is 0.517. The smallest absolute Gasteiger partial charge is 0.193 e. The van der Waals surface area contributed by atoms with Gasteiger partial charge in [0.15, 0.2) is 5.96 Å². The van der Waals surface area contributed by atoms with Crippen LogP contribution in [0, 0.1) is 11.3 Å². The molecule has 1 atom stereocenters. The number of likely N-dealkylation sites (tertiary alicyclic amines) is 1. The number of nitrogens with zero attached hydrogens (tertiary/aromatic N) is 3. The second-order valence-corrected chi connectivity index (χ2v) is 8.18. The summed E-state index contributed by atoms with van der Waals surface area (Å²) in [7, 11) is 0. The molecule has 3 aliphatic rings. The molecular weight excluding hydrogens is 300 g/mol. The van der Waals surface area contributed by atoms with Crippen LogP contribution in [0.5, 0.6) is 0 Å². The molecule has 2 heterocycles. The standard InChI is InChI=1S/C19H36N4O/c1-4-20-18(23-9-8-19(15-23)6-5-7-19)21-14-17(16(2)3)22-10-12-24-13-11-22/h16-17H,4-15H2,1-3H3,(H,20,21). The summed E-state index contributed by atoms with van der Waals surface area (Å²) in [6.07, 6.45) is 5.62. The molecule has 3 fully saturated rings. The maximum Gasteiger partial charge on any atom is 0.193 e. The van der Waals surface area contributed by atoms with Crippen molar-refractivity contribution in [1.29, 1.82) is 0 Å². The first kappa shape index (κ1) is 18.0. The van der Waals surface area contributed by atoms with Gasteiger partial charge in [-0.1, -0.05) is 20.3 Å². The molecule has 1 N–H and O–H groups in total. The second-order valence-electron chi connectivity index (χ2n) is 8.18. The molecule has 1 unspecified atom stereocenters. The normalized spacial score (nSPS) is 26.0. The quantitative estimate of drug-likeness (QED) is 0.617. The zero-order chi connectivity index (χ0) is 17.0. The number of ether oxygens (including phenoxy) is 1. The summed E-state index contributed by atoms with van der Waals surface area (Å²) in [5.41, 5.74) is 0.623. The maximum atomic E-state index is 5.52. The highest BCUT2D eigenvalue weighted by Gasteiger charge is 2.43. The Balaban J connectivity index is 1.63. The Morgan fingerprint density at radius 1 is 1.17 bits per heavy atom. The van der Waals surface area contributed by atoms with E-state index in [0.29, 0.717) is 17.4 Å². The Morgan fingerprint density at radius 3 is 2.46 bits per heavy atom. The number of aliphatic imine (C=N–C) groups is 1. The van der Waals surface area contributed by atoms with Crippen LogP contribution in [-0.2, 0) is 4.74 Å². The minimum absolute atomic E-state index is 0.517. The topological polar surface area (TPSA) is 40.1 Å². The average molecular weight is 337 g/mol. The first-order valence-corrected chi connectivity index (χ1v) is 9.99. The van der Waals surface area contributed by atoms with E-state index >= 15 is 0 Å². The van der Waals surface area contributed by atoms with Crippen LogP contribution >= 0.6 is 0 Å². The molecule has 2 aliphatic heterocycles. The molecule has 24 heavy (non-hydrogen) atoms. The van der Waals surface area contributed by atoms with Gasteiger partial charge in [-0.3, -0.25) is 9.89 Å². The van der Waals surface area contributed by atoms with E-state index in [1.165, 1.54) is 38.8 Å². The average Bonchev–Trinajstić information content (AvgIpc) is 3.00. The lowest BCUT2D eigenvalue weighted by atomic mass is 9.68. The maximum absolute atomic E-state index is 5.52. The highest BCUT2D eigenvalue weighted by Crippen LogP contribution is 2.47. The third-order valence-electron chi connectivity index (χ3n) is 6.20. The van der Waals surface area contributed by atoms with Crippen molar-refractivity contribution in [2.75, 3.05) is 52.5 Å². The van der Waals surface area contributed by atoms with Gasteiger partial charge in [0.25, 0.3) is 0 Å². The molecule has 0 amide bonds. The van der Waals surface area contributed by atoms with Crippen molar-refractivity contribution in [3.8, 4) is 0 Å². The molecule has 5 nitrogen and oxygen atoms in total. The highest BCUT2D eigenvalue weighted by molar-refractivity contribution is 5.80. The zero-order valence-corrected chi connectivity index (χ0v) is 15.9. The predicted molar refractivity (Wildman–Crippen MR) is 99.5 cm³/mol. The van der Waals surface area contributed by atoms with E-state index in [4.69, 9.17) is 9.73 Å². The van der Waals surface area contributed by atoms with E-state index in [0.717, 1.165) is 45.4 Å². The van der Waals surface area contributed by atoms with Crippen LogP contribution in [-0.4, -0.2) is 74.3 Å². The first-order chi connectivity index (χ1) is 11.6. The third kappa shape index (κ3) is 4.05. The van der Waals surface area contributed by atoms with Gasteiger partial charge in [0, 0.05) is 38.8 Å². The summed E-state index contributed by atoms with van der Waals surface area (Å²) in [5.74, 6) is 1.76. The lowest BCUT2D eigenvalue weighted by Crippen LogP contribution is -2.48. The number of guanidine groups is 1. The van der Waals surface area contributed by atoms with E-state index in [2.05, 4.69) is 35.9 Å². The first-order valence-electron chi connectivity index (χ1n) is 9.99. The van der Waals surface area contributed by atoms with Crippen LogP contribution in [0.15, 0.2) is 4.99 Å². The SMILES string of the molecule is CCNC(=NCC(C(C)C)N1CCOCC1)N1CCC2(CCC2)C1.